The van der Waals surface area contributed by atoms with E-state index in [0.29, 0.717) is 0 Å². The average Bonchev–Trinajstić information content (AvgIpc) is 2.30. The zero-order chi connectivity index (χ0) is 16.2. The second kappa shape index (κ2) is 6.73. The maximum Gasteiger partial charge on any atom is 0.371 e. The Morgan fingerprint density at radius 1 is 1.00 bits per heavy atom. The zero-order valence-electron chi connectivity index (χ0n) is 11.5. The van der Waals surface area contributed by atoms with Gasteiger partial charge in [0.25, 0.3) is 6.29 Å². The van der Waals surface area contributed by atoms with Crippen LogP contribution in [0.3, 0.4) is 0 Å². The molecule has 0 bridgehead atoms. The van der Waals surface area contributed by atoms with E-state index in [1.165, 1.54) is 0 Å². The van der Waals surface area contributed by atoms with Crippen LogP contribution in [0.15, 0.2) is 11.8 Å². The van der Waals surface area contributed by atoms with Crippen LogP contribution in [-0.4, -0.2) is 47.5 Å². The van der Waals surface area contributed by atoms with Gasteiger partial charge in [0, 0.05) is 26.8 Å². The van der Waals surface area contributed by atoms with Crippen LogP contribution >= 0.6 is 0 Å². The van der Waals surface area contributed by atoms with Crippen molar-refractivity contribution in [2.24, 2.45) is 0 Å². The fraction of sp³-hybridized carbons (Fsp3) is 0.500. The Balaban J connectivity index is 3.12. The van der Waals surface area contributed by atoms with Gasteiger partial charge in [0.2, 0.25) is 11.9 Å². The fourth-order valence-electron chi connectivity index (χ4n) is 1.61. The number of hydrogen-bond donors (Lipinski definition) is 1. The van der Waals surface area contributed by atoms with Crippen molar-refractivity contribution in [3.63, 3.8) is 0 Å². The maximum absolute atomic E-state index is 11.1. The number of ether oxygens (including phenoxy) is 4. The summed E-state index contributed by atoms with van der Waals surface area (Å²) in [5, 5.41) is 8.93. The second-order valence-electron chi connectivity index (χ2n) is 4.08. The Morgan fingerprint density at radius 2 is 1.52 bits per heavy atom. The lowest BCUT2D eigenvalue weighted by molar-refractivity contribution is -0.223. The number of hydrogen-bond acceptors (Lipinski definition) is 8. The molecule has 0 saturated heterocycles. The molecule has 0 saturated carbocycles. The molecule has 9 heteroatoms. The predicted octanol–water partition coefficient (Wildman–Crippen LogP) is -0.262. The lowest BCUT2D eigenvalue weighted by Crippen LogP contribution is -2.48. The van der Waals surface area contributed by atoms with Gasteiger partial charge in [0.15, 0.2) is 6.10 Å². The van der Waals surface area contributed by atoms with Gasteiger partial charge >= 0.3 is 23.9 Å². The summed E-state index contributed by atoms with van der Waals surface area (Å²) >= 11 is 0. The first kappa shape index (κ1) is 16.5. The lowest BCUT2D eigenvalue weighted by Gasteiger charge is -2.33. The summed E-state index contributed by atoms with van der Waals surface area (Å²) in [6.45, 7) is 3.25. The van der Waals surface area contributed by atoms with Gasteiger partial charge in [-0.1, -0.05) is 0 Å². The first-order chi connectivity index (χ1) is 9.70. The maximum atomic E-state index is 11.1. The topological polar surface area (TPSA) is 125 Å². The van der Waals surface area contributed by atoms with Crippen molar-refractivity contribution < 1.29 is 43.2 Å². The minimum absolute atomic E-state index is 0.587. The molecule has 9 nitrogen and oxygen atoms in total. The van der Waals surface area contributed by atoms with Gasteiger partial charge in [-0.25, -0.2) is 4.79 Å². The molecule has 116 valence electrons. The Morgan fingerprint density at radius 3 is 1.95 bits per heavy atom. The average molecular weight is 302 g/mol. The van der Waals surface area contributed by atoms with E-state index in [4.69, 9.17) is 24.1 Å². The molecule has 1 heterocycles. The highest BCUT2D eigenvalue weighted by atomic mass is 16.7. The molecule has 0 amide bonds. The monoisotopic (exact) mass is 302 g/mol. The van der Waals surface area contributed by atoms with Crippen molar-refractivity contribution in [1.29, 1.82) is 0 Å². The summed E-state index contributed by atoms with van der Waals surface area (Å²) in [6.07, 6.45) is -3.14. The standard InChI is InChI=1S/C12H14O9/c1-5(13)18-8-4-9(11(16)17)21-12(20-7(3)15)10(8)19-6(2)14/h4,8,10,12H,1-3H3,(H,16,17)/t8-,10+,12+/m0/s1. The quantitative estimate of drug-likeness (QED) is 0.552. The number of aliphatic carboxylic acids is 1. The van der Waals surface area contributed by atoms with E-state index in [-0.39, 0.29) is 0 Å². The van der Waals surface area contributed by atoms with Crippen LogP contribution < -0.4 is 0 Å². The van der Waals surface area contributed by atoms with Crippen LogP contribution in [0, 0.1) is 0 Å². The molecule has 0 aromatic carbocycles. The van der Waals surface area contributed by atoms with Crippen molar-refractivity contribution in [3.8, 4) is 0 Å². The third kappa shape index (κ3) is 4.79. The van der Waals surface area contributed by atoms with Gasteiger partial charge in [-0.2, -0.15) is 0 Å². The summed E-state index contributed by atoms with van der Waals surface area (Å²) in [5.74, 6) is -4.31. The Bertz CT molecular complexity index is 493. The molecule has 0 radical (unpaired) electrons. The summed E-state index contributed by atoms with van der Waals surface area (Å²) in [6, 6.07) is 0. The molecule has 1 N–H and O–H groups in total. The molecule has 1 aliphatic rings. The highest BCUT2D eigenvalue weighted by Crippen LogP contribution is 2.24. The fourth-order valence-corrected chi connectivity index (χ4v) is 1.61. The van der Waals surface area contributed by atoms with E-state index < -0.39 is 48.1 Å². The van der Waals surface area contributed by atoms with Crippen LogP contribution in [0.2, 0.25) is 0 Å². The molecule has 3 atom stereocenters. The number of carbonyl (C=O) groups excluding carboxylic acids is 3. The molecule has 0 aliphatic carbocycles. The molecule has 1 rings (SSSR count). The smallest absolute Gasteiger partial charge is 0.371 e. The summed E-state index contributed by atoms with van der Waals surface area (Å²) in [5.41, 5.74) is 0. The van der Waals surface area contributed by atoms with Gasteiger partial charge < -0.3 is 24.1 Å². The number of carboxylic acid groups (broad SMARTS) is 1. The summed E-state index contributed by atoms with van der Waals surface area (Å²) in [7, 11) is 0. The summed E-state index contributed by atoms with van der Waals surface area (Å²) in [4.78, 5) is 44.2. The van der Waals surface area contributed by atoms with E-state index in [2.05, 4.69) is 0 Å². The van der Waals surface area contributed by atoms with Crippen LogP contribution in [0.1, 0.15) is 20.8 Å². The van der Waals surface area contributed by atoms with Gasteiger partial charge in [0.1, 0.15) is 0 Å². The highest BCUT2D eigenvalue weighted by Gasteiger charge is 2.43. The highest BCUT2D eigenvalue weighted by molar-refractivity contribution is 5.84. The molecular weight excluding hydrogens is 288 g/mol. The first-order valence-corrected chi connectivity index (χ1v) is 5.84. The number of carbonyl (C=O) groups is 4. The Kier molecular flexibility index (Phi) is 5.28. The Hall–Kier alpha value is -2.58. The molecule has 0 aromatic rings. The van der Waals surface area contributed by atoms with Crippen LogP contribution in [0.5, 0.6) is 0 Å². The van der Waals surface area contributed by atoms with Crippen molar-refractivity contribution in [2.75, 3.05) is 0 Å². The van der Waals surface area contributed by atoms with Crippen molar-refractivity contribution >= 4 is 23.9 Å². The van der Waals surface area contributed by atoms with Gasteiger partial charge in [0.05, 0.1) is 0 Å². The van der Waals surface area contributed by atoms with Crippen LogP contribution in [0.4, 0.5) is 0 Å². The number of carboxylic acids is 1. The Labute approximate surface area is 119 Å². The molecule has 0 spiro atoms. The van der Waals surface area contributed by atoms with Gasteiger partial charge in [-0.15, -0.1) is 0 Å². The third-order valence-corrected chi connectivity index (χ3v) is 2.25. The second-order valence-corrected chi connectivity index (χ2v) is 4.08. The molecule has 0 unspecified atom stereocenters. The van der Waals surface area contributed by atoms with Crippen LogP contribution in [0.25, 0.3) is 0 Å². The third-order valence-electron chi connectivity index (χ3n) is 2.25. The SMILES string of the molecule is CC(=O)O[C@@H]1OC(C(=O)O)=C[C@H](OC(C)=O)[C@H]1OC(C)=O. The summed E-state index contributed by atoms with van der Waals surface area (Å²) < 4.78 is 19.5. The van der Waals surface area contributed by atoms with Gasteiger partial charge in [-0.05, 0) is 0 Å². The normalized spacial score (nSPS) is 24.1. The van der Waals surface area contributed by atoms with Crippen LogP contribution in [-0.2, 0) is 38.1 Å². The molecule has 0 aromatic heterocycles. The molecule has 1 aliphatic heterocycles. The molecule has 0 fully saturated rings. The van der Waals surface area contributed by atoms with Crippen molar-refractivity contribution in [3.05, 3.63) is 11.8 Å². The zero-order valence-corrected chi connectivity index (χ0v) is 11.5. The van der Waals surface area contributed by atoms with Crippen molar-refractivity contribution in [2.45, 2.75) is 39.3 Å². The molecule has 21 heavy (non-hydrogen) atoms. The largest absolute Gasteiger partial charge is 0.475 e. The molecular formula is C12H14O9. The van der Waals surface area contributed by atoms with E-state index in [9.17, 15) is 19.2 Å². The van der Waals surface area contributed by atoms with E-state index >= 15 is 0 Å². The van der Waals surface area contributed by atoms with Gasteiger partial charge in [-0.3, -0.25) is 14.4 Å². The lowest BCUT2D eigenvalue weighted by atomic mass is 10.1. The van der Waals surface area contributed by atoms with E-state index in [0.717, 1.165) is 26.8 Å². The van der Waals surface area contributed by atoms with E-state index in [1.54, 1.807) is 0 Å². The minimum atomic E-state index is -1.54. The first-order valence-electron chi connectivity index (χ1n) is 5.84. The predicted molar refractivity (Wildman–Crippen MR) is 63.5 cm³/mol. The van der Waals surface area contributed by atoms with E-state index in [1.807, 2.05) is 0 Å². The number of esters is 3. The number of rotatable bonds is 4. The minimum Gasteiger partial charge on any atom is -0.475 e. The van der Waals surface area contributed by atoms with Crippen molar-refractivity contribution in [1.82, 2.24) is 0 Å².